The van der Waals surface area contributed by atoms with Crippen LogP contribution in [0, 0.1) is 13.8 Å². The van der Waals surface area contributed by atoms with Crippen molar-refractivity contribution < 1.29 is 0 Å². The van der Waals surface area contributed by atoms with Gasteiger partial charge in [-0.25, -0.2) is 0 Å². The molecule has 0 spiro atoms. The summed E-state index contributed by atoms with van der Waals surface area (Å²) < 4.78 is 0. The Labute approximate surface area is 66.8 Å². The van der Waals surface area contributed by atoms with Crippen LogP contribution >= 0.6 is 11.6 Å². The van der Waals surface area contributed by atoms with Crippen LogP contribution in [0.1, 0.15) is 11.1 Å². The summed E-state index contributed by atoms with van der Waals surface area (Å²) in [4.78, 5) is 0. The maximum atomic E-state index is 5.95. The molecular formula is C9H10Cl. The molecule has 0 nitrogen and oxygen atoms in total. The molecule has 0 bridgehead atoms. The van der Waals surface area contributed by atoms with E-state index in [1.165, 1.54) is 0 Å². The Morgan fingerprint density at radius 1 is 1.50 bits per heavy atom. The third-order valence-electron chi connectivity index (χ3n) is 1.54. The third kappa shape index (κ3) is 1.32. The Balaban J connectivity index is 3.14. The van der Waals surface area contributed by atoms with Crippen LogP contribution in [0.25, 0.3) is 0 Å². The summed E-state index contributed by atoms with van der Waals surface area (Å²) in [7, 11) is 0. The SMILES string of the molecule is [CH2]Cc1cccc(C)c1Cl. The molecule has 0 saturated carbocycles. The van der Waals surface area contributed by atoms with Crippen LogP contribution in [0.5, 0.6) is 0 Å². The molecule has 0 N–H and O–H groups in total. The Kier molecular flexibility index (Phi) is 2.34. The van der Waals surface area contributed by atoms with Crippen LogP contribution in [0.4, 0.5) is 0 Å². The smallest absolute Gasteiger partial charge is 0.0467 e. The lowest BCUT2D eigenvalue weighted by atomic mass is 10.1. The predicted octanol–water partition coefficient (Wildman–Crippen LogP) is 3.03. The minimum absolute atomic E-state index is 0.764. The molecule has 0 aromatic heterocycles. The standard InChI is InChI=1S/C9H10Cl/c1-3-8-6-4-5-7(2)9(8)10/h4-6H,1,3H2,2H3. The summed E-state index contributed by atoms with van der Waals surface area (Å²) in [6.45, 7) is 5.77. The van der Waals surface area contributed by atoms with Gasteiger partial charge in [0.2, 0.25) is 0 Å². The van der Waals surface area contributed by atoms with Crippen molar-refractivity contribution in [2.45, 2.75) is 13.3 Å². The first kappa shape index (κ1) is 7.62. The summed E-state index contributed by atoms with van der Waals surface area (Å²) >= 11 is 5.95. The number of benzene rings is 1. The Bertz CT molecular complexity index is 228. The molecule has 0 aliphatic heterocycles. The van der Waals surface area contributed by atoms with Gasteiger partial charge in [-0.2, -0.15) is 0 Å². The maximum Gasteiger partial charge on any atom is 0.0467 e. The molecule has 1 heteroatoms. The van der Waals surface area contributed by atoms with Gasteiger partial charge in [-0.15, -0.1) is 0 Å². The molecule has 0 unspecified atom stereocenters. The molecule has 0 aliphatic rings. The van der Waals surface area contributed by atoms with E-state index in [9.17, 15) is 0 Å². The Hall–Kier alpha value is -0.490. The van der Waals surface area contributed by atoms with Crippen LogP contribution in [0.15, 0.2) is 18.2 Å². The largest absolute Gasteiger partial charge is 0.0838 e. The lowest BCUT2D eigenvalue weighted by Crippen LogP contribution is -1.83. The van der Waals surface area contributed by atoms with Gasteiger partial charge in [0.15, 0.2) is 0 Å². The van der Waals surface area contributed by atoms with Crippen LogP contribution < -0.4 is 0 Å². The van der Waals surface area contributed by atoms with Gasteiger partial charge < -0.3 is 0 Å². The predicted molar refractivity (Wildman–Crippen MR) is 45.3 cm³/mol. The minimum Gasteiger partial charge on any atom is -0.0838 e. The van der Waals surface area contributed by atoms with Crippen LogP contribution in [0.2, 0.25) is 5.02 Å². The summed E-state index contributed by atoms with van der Waals surface area (Å²) in [5, 5.41) is 0.859. The first-order valence-corrected chi connectivity index (χ1v) is 3.66. The number of hydrogen-bond donors (Lipinski definition) is 0. The van der Waals surface area contributed by atoms with E-state index < -0.39 is 0 Å². The average Bonchev–Trinajstić information content (AvgIpc) is 1.95. The summed E-state index contributed by atoms with van der Waals surface area (Å²) in [5.41, 5.74) is 2.25. The topological polar surface area (TPSA) is 0 Å². The van der Waals surface area contributed by atoms with Crippen molar-refractivity contribution in [1.82, 2.24) is 0 Å². The molecular weight excluding hydrogens is 144 g/mol. The highest BCUT2D eigenvalue weighted by molar-refractivity contribution is 6.32. The lowest BCUT2D eigenvalue weighted by Gasteiger charge is -2.01. The van der Waals surface area contributed by atoms with Crippen molar-refractivity contribution in [2.24, 2.45) is 0 Å². The second kappa shape index (κ2) is 3.07. The van der Waals surface area contributed by atoms with Gasteiger partial charge in [0.05, 0.1) is 0 Å². The van der Waals surface area contributed by atoms with E-state index in [0.29, 0.717) is 0 Å². The van der Waals surface area contributed by atoms with Crippen molar-refractivity contribution in [1.29, 1.82) is 0 Å². The summed E-state index contributed by atoms with van der Waals surface area (Å²) in [5.74, 6) is 0. The van der Waals surface area contributed by atoms with E-state index in [2.05, 4.69) is 6.92 Å². The first-order chi connectivity index (χ1) is 4.75. The molecule has 1 radical (unpaired) electrons. The molecule has 0 amide bonds. The number of halogens is 1. The van der Waals surface area contributed by atoms with E-state index in [1.54, 1.807) is 0 Å². The molecule has 0 atom stereocenters. The number of hydrogen-bond acceptors (Lipinski definition) is 0. The fourth-order valence-corrected chi connectivity index (χ4v) is 1.12. The zero-order valence-corrected chi connectivity index (χ0v) is 6.78. The van der Waals surface area contributed by atoms with E-state index in [0.717, 1.165) is 22.6 Å². The van der Waals surface area contributed by atoms with Crippen LogP contribution in [-0.4, -0.2) is 0 Å². The molecule has 0 aliphatic carbocycles. The Morgan fingerprint density at radius 3 is 2.70 bits per heavy atom. The van der Waals surface area contributed by atoms with Crippen molar-refractivity contribution >= 4 is 11.6 Å². The lowest BCUT2D eigenvalue weighted by molar-refractivity contribution is 1.25. The summed E-state index contributed by atoms with van der Waals surface area (Å²) in [6, 6.07) is 6.01. The highest BCUT2D eigenvalue weighted by atomic mass is 35.5. The molecule has 0 fully saturated rings. The molecule has 10 heavy (non-hydrogen) atoms. The van der Waals surface area contributed by atoms with Gasteiger partial charge >= 0.3 is 0 Å². The zero-order valence-electron chi connectivity index (χ0n) is 6.02. The second-order valence-electron chi connectivity index (χ2n) is 2.30. The fraction of sp³-hybridized carbons (Fsp3) is 0.222. The fourth-order valence-electron chi connectivity index (χ4n) is 0.901. The molecule has 1 rings (SSSR count). The highest BCUT2D eigenvalue weighted by Crippen LogP contribution is 2.19. The van der Waals surface area contributed by atoms with Crippen molar-refractivity contribution in [2.75, 3.05) is 0 Å². The van der Waals surface area contributed by atoms with E-state index in [1.807, 2.05) is 25.1 Å². The zero-order chi connectivity index (χ0) is 7.56. The van der Waals surface area contributed by atoms with Gasteiger partial charge in [0, 0.05) is 5.02 Å². The quantitative estimate of drug-likeness (QED) is 0.582. The van der Waals surface area contributed by atoms with Crippen molar-refractivity contribution in [3.05, 3.63) is 41.3 Å². The van der Waals surface area contributed by atoms with Gasteiger partial charge in [-0.1, -0.05) is 29.8 Å². The van der Waals surface area contributed by atoms with Crippen molar-refractivity contribution in [3.63, 3.8) is 0 Å². The van der Waals surface area contributed by atoms with Gasteiger partial charge in [-0.3, -0.25) is 0 Å². The second-order valence-corrected chi connectivity index (χ2v) is 2.68. The summed E-state index contributed by atoms with van der Waals surface area (Å²) in [6.07, 6.45) is 0.764. The van der Waals surface area contributed by atoms with Gasteiger partial charge in [-0.05, 0) is 31.4 Å². The third-order valence-corrected chi connectivity index (χ3v) is 2.08. The van der Waals surface area contributed by atoms with Crippen LogP contribution in [0.3, 0.4) is 0 Å². The molecule has 0 heterocycles. The molecule has 1 aromatic rings. The van der Waals surface area contributed by atoms with E-state index in [-0.39, 0.29) is 0 Å². The molecule has 0 saturated heterocycles. The number of rotatable bonds is 1. The van der Waals surface area contributed by atoms with E-state index in [4.69, 9.17) is 11.6 Å². The normalized spacial score (nSPS) is 9.90. The van der Waals surface area contributed by atoms with E-state index >= 15 is 0 Å². The highest BCUT2D eigenvalue weighted by Gasteiger charge is 1.98. The molecule has 53 valence electrons. The van der Waals surface area contributed by atoms with Gasteiger partial charge in [0.25, 0.3) is 0 Å². The van der Waals surface area contributed by atoms with Crippen LogP contribution in [-0.2, 0) is 6.42 Å². The first-order valence-electron chi connectivity index (χ1n) is 3.29. The van der Waals surface area contributed by atoms with Gasteiger partial charge in [0.1, 0.15) is 0 Å². The maximum absolute atomic E-state index is 5.95. The Morgan fingerprint density at radius 2 is 2.20 bits per heavy atom. The molecule has 1 aromatic carbocycles. The average molecular weight is 154 g/mol. The van der Waals surface area contributed by atoms with Crippen molar-refractivity contribution in [3.8, 4) is 0 Å². The monoisotopic (exact) mass is 153 g/mol. The minimum atomic E-state index is 0.764. The number of aryl methyl sites for hydroxylation is 1.